The first-order valence-electron chi connectivity index (χ1n) is 9.62. The number of benzene rings is 2. The number of halogens is 1. The van der Waals surface area contributed by atoms with Gasteiger partial charge in [0.05, 0.1) is 10.9 Å². The second-order valence-corrected chi connectivity index (χ2v) is 7.59. The molecule has 3 aromatic rings. The molecule has 0 spiro atoms. The fourth-order valence-corrected chi connectivity index (χ4v) is 5.24. The number of pyridine rings is 1. The van der Waals surface area contributed by atoms with Crippen molar-refractivity contribution in [3.8, 4) is 11.3 Å². The van der Waals surface area contributed by atoms with E-state index in [-0.39, 0.29) is 5.82 Å². The van der Waals surface area contributed by atoms with Gasteiger partial charge in [-0.2, -0.15) is 4.57 Å². The zero-order valence-corrected chi connectivity index (χ0v) is 15.3. The Hall–Kier alpha value is -2.48. The fourth-order valence-electron chi connectivity index (χ4n) is 5.24. The smallest absolute Gasteiger partial charge is 0.207 e. The number of hydrogen-bond donors (Lipinski definition) is 0. The summed E-state index contributed by atoms with van der Waals surface area (Å²) in [6.07, 6.45) is 4.94. The highest BCUT2D eigenvalue weighted by molar-refractivity contribution is 6.01. The predicted octanol–water partition coefficient (Wildman–Crippen LogP) is 5.84. The molecular formula is C24H23FN+. The molecule has 0 radical (unpaired) electrons. The highest BCUT2D eigenvalue weighted by Crippen LogP contribution is 2.47. The molecule has 2 unspecified atom stereocenters. The molecule has 0 amide bonds. The summed E-state index contributed by atoms with van der Waals surface area (Å²) in [5.74, 6) is 0.267. The van der Waals surface area contributed by atoms with Crippen LogP contribution in [0.3, 0.4) is 0 Å². The van der Waals surface area contributed by atoms with E-state index in [1.54, 1.807) is 6.07 Å². The van der Waals surface area contributed by atoms with Gasteiger partial charge in [0.1, 0.15) is 5.82 Å². The molecule has 0 fully saturated rings. The van der Waals surface area contributed by atoms with Crippen LogP contribution >= 0.6 is 0 Å². The summed E-state index contributed by atoms with van der Waals surface area (Å²) in [5.41, 5.74) is 6.62. The molecule has 0 saturated heterocycles. The van der Waals surface area contributed by atoms with E-state index >= 15 is 0 Å². The Morgan fingerprint density at radius 1 is 1.12 bits per heavy atom. The third kappa shape index (κ3) is 1.87. The summed E-state index contributed by atoms with van der Waals surface area (Å²) >= 11 is 0. The number of aromatic nitrogens is 1. The Bertz CT molecular complexity index is 1080. The fraction of sp³-hybridized carbons (Fsp3) is 0.292. The minimum atomic E-state index is -0.0994. The molecule has 1 aromatic heterocycles. The molecule has 26 heavy (non-hydrogen) atoms. The molecule has 2 atom stereocenters. The number of hydrogen-bond acceptors (Lipinski definition) is 0. The van der Waals surface area contributed by atoms with Crippen LogP contribution in [-0.4, -0.2) is 0 Å². The van der Waals surface area contributed by atoms with E-state index in [1.807, 2.05) is 6.07 Å². The molecule has 2 aliphatic rings. The van der Waals surface area contributed by atoms with E-state index in [0.717, 1.165) is 35.1 Å². The first-order chi connectivity index (χ1) is 12.7. The molecule has 2 aromatic carbocycles. The molecule has 130 valence electrons. The Balaban J connectivity index is 2.02. The molecule has 1 nitrogen and oxygen atoms in total. The van der Waals surface area contributed by atoms with Crippen LogP contribution in [0.15, 0.2) is 49.2 Å². The molecule has 2 heteroatoms. The van der Waals surface area contributed by atoms with Gasteiger partial charge in [-0.05, 0) is 34.6 Å². The van der Waals surface area contributed by atoms with E-state index in [9.17, 15) is 4.39 Å². The van der Waals surface area contributed by atoms with Crippen molar-refractivity contribution < 1.29 is 8.96 Å². The van der Waals surface area contributed by atoms with Crippen LogP contribution < -0.4 is 4.57 Å². The van der Waals surface area contributed by atoms with Crippen LogP contribution in [0, 0.1) is 11.7 Å². The first-order valence-corrected chi connectivity index (χ1v) is 9.62. The summed E-state index contributed by atoms with van der Waals surface area (Å²) in [6.45, 7) is 8.97. The lowest BCUT2D eigenvalue weighted by Crippen LogP contribution is -2.44. The Morgan fingerprint density at radius 3 is 2.73 bits per heavy atom. The average molecular weight is 344 g/mol. The normalized spacial score (nSPS) is 20.3. The van der Waals surface area contributed by atoms with Crippen molar-refractivity contribution in [2.75, 3.05) is 0 Å². The van der Waals surface area contributed by atoms with Gasteiger partial charge in [-0.15, -0.1) is 0 Å². The van der Waals surface area contributed by atoms with E-state index < -0.39 is 0 Å². The molecule has 0 saturated carbocycles. The van der Waals surface area contributed by atoms with Gasteiger partial charge in [-0.25, -0.2) is 4.39 Å². The van der Waals surface area contributed by atoms with E-state index in [0.29, 0.717) is 18.4 Å². The van der Waals surface area contributed by atoms with Gasteiger partial charge in [0.15, 0.2) is 12.2 Å². The van der Waals surface area contributed by atoms with Crippen LogP contribution in [0.2, 0.25) is 0 Å². The summed E-state index contributed by atoms with van der Waals surface area (Å²) < 4.78 is 17.3. The Labute approximate surface area is 153 Å². The maximum absolute atomic E-state index is 14.9. The molecule has 5 rings (SSSR count). The SMILES string of the molecule is C=C1c2ccc(F)c3c2-c2c4c(cccc4cc[n+]2C(CC)C1CC)C3. The topological polar surface area (TPSA) is 3.88 Å². The lowest BCUT2D eigenvalue weighted by atomic mass is 9.80. The Kier molecular flexibility index (Phi) is 3.34. The zero-order chi connectivity index (χ0) is 18.0. The van der Waals surface area contributed by atoms with Crippen LogP contribution in [0.5, 0.6) is 0 Å². The van der Waals surface area contributed by atoms with Gasteiger partial charge in [-0.1, -0.05) is 44.7 Å². The third-order valence-corrected chi connectivity index (χ3v) is 6.43. The maximum Gasteiger partial charge on any atom is 0.221 e. The zero-order valence-electron chi connectivity index (χ0n) is 15.3. The van der Waals surface area contributed by atoms with Crippen molar-refractivity contribution in [2.24, 2.45) is 5.92 Å². The minimum Gasteiger partial charge on any atom is -0.207 e. The summed E-state index contributed by atoms with van der Waals surface area (Å²) in [7, 11) is 0. The van der Waals surface area contributed by atoms with Crippen molar-refractivity contribution in [1.82, 2.24) is 0 Å². The number of allylic oxidation sites excluding steroid dienone is 1. The first kappa shape index (κ1) is 15.7. The van der Waals surface area contributed by atoms with Gasteiger partial charge in [0.2, 0.25) is 5.69 Å². The van der Waals surface area contributed by atoms with Crippen molar-refractivity contribution in [1.29, 1.82) is 0 Å². The highest BCUT2D eigenvalue weighted by Gasteiger charge is 2.41. The van der Waals surface area contributed by atoms with Crippen LogP contribution in [0.25, 0.3) is 27.6 Å². The van der Waals surface area contributed by atoms with Crippen LogP contribution in [-0.2, 0) is 6.42 Å². The quantitative estimate of drug-likeness (QED) is 0.402. The Morgan fingerprint density at radius 2 is 1.96 bits per heavy atom. The monoisotopic (exact) mass is 344 g/mol. The lowest BCUT2D eigenvalue weighted by molar-refractivity contribution is -0.716. The van der Waals surface area contributed by atoms with Crippen LogP contribution in [0.4, 0.5) is 4.39 Å². The highest BCUT2D eigenvalue weighted by atomic mass is 19.1. The largest absolute Gasteiger partial charge is 0.221 e. The average Bonchev–Trinajstić information content (AvgIpc) is 2.77. The number of rotatable bonds is 2. The molecule has 1 aliphatic carbocycles. The second kappa shape index (κ2) is 5.51. The van der Waals surface area contributed by atoms with Gasteiger partial charge in [-0.3, -0.25) is 0 Å². The molecule has 2 heterocycles. The molecule has 1 aliphatic heterocycles. The predicted molar refractivity (Wildman–Crippen MR) is 104 cm³/mol. The lowest BCUT2D eigenvalue weighted by Gasteiger charge is -2.22. The van der Waals surface area contributed by atoms with E-state index in [4.69, 9.17) is 0 Å². The van der Waals surface area contributed by atoms with Crippen LogP contribution in [0.1, 0.15) is 49.4 Å². The van der Waals surface area contributed by atoms with Crippen molar-refractivity contribution >= 4 is 16.3 Å². The standard InChI is InChI=1S/C24H23FN/c1-4-17-14(3)18-9-10-20(25)19-13-16-8-6-7-15-11-12-26(21(17)5-2)24(22(15)16)23(18)19/h6-12,17,21H,3-5,13H2,1-2H3/q+1. The van der Waals surface area contributed by atoms with E-state index in [2.05, 4.69) is 55.5 Å². The maximum atomic E-state index is 14.9. The van der Waals surface area contributed by atoms with E-state index in [1.165, 1.54) is 22.0 Å². The second-order valence-electron chi connectivity index (χ2n) is 7.59. The summed E-state index contributed by atoms with van der Waals surface area (Å²) in [5, 5.41) is 2.53. The van der Waals surface area contributed by atoms with Crippen molar-refractivity contribution in [2.45, 2.75) is 39.2 Å². The van der Waals surface area contributed by atoms with Gasteiger partial charge >= 0.3 is 0 Å². The molecule has 0 bridgehead atoms. The van der Waals surface area contributed by atoms with Crippen molar-refractivity contribution in [3.05, 3.63) is 71.7 Å². The molecular weight excluding hydrogens is 321 g/mol. The summed E-state index contributed by atoms with van der Waals surface area (Å²) in [4.78, 5) is 0. The number of nitrogens with zero attached hydrogens (tertiary/aromatic N) is 1. The van der Waals surface area contributed by atoms with Gasteiger partial charge in [0.25, 0.3) is 0 Å². The summed E-state index contributed by atoms with van der Waals surface area (Å²) in [6, 6.07) is 12.6. The molecule has 0 N–H and O–H groups in total. The van der Waals surface area contributed by atoms with Gasteiger partial charge < -0.3 is 0 Å². The van der Waals surface area contributed by atoms with Crippen molar-refractivity contribution in [3.63, 3.8) is 0 Å². The minimum absolute atomic E-state index is 0.0994. The third-order valence-electron chi connectivity index (χ3n) is 6.43. The van der Waals surface area contributed by atoms with Gasteiger partial charge in [0, 0.05) is 30.4 Å².